The highest BCUT2D eigenvalue weighted by Crippen LogP contribution is 2.20. The van der Waals surface area contributed by atoms with Crippen LogP contribution in [0.15, 0.2) is 47.0 Å². The fraction of sp³-hybridized carbons (Fsp3) is 0.375. The molecule has 0 N–H and O–H groups in total. The molecular weight excluding hydrogens is 431 g/mol. The zero-order valence-electron chi connectivity index (χ0n) is 18.1. The van der Waals surface area contributed by atoms with E-state index >= 15 is 0 Å². The molecule has 1 saturated heterocycles. The monoisotopic (exact) mass is 456 g/mol. The van der Waals surface area contributed by atoms with Crippen LogP contribution in [0.2, 0.25) is 5.02 Å². The Morgan fingerprint density at radius 2 is 1.94 bits per heavy atom. The van der Waals surface area contributed by atoms with Crippen molar-refractivity contribution in [3.63, 3.8) is 0 Å². The second-order valence-electron chi connectivity index (χ2n) is 8.11. The minimum atomic E-state index is -0.271. The molecule has 0 unspecified atom stereocenters. The van der Waals surface area contributed by atoms with Gasteiger partial charge in [-0.05, 0) is 54.8 Å². The first-order chi connectivity index (χ1) is 15.5. The molecule has 3 aromatic rings. The third kappa shape index (κ3) is 5.72. The van der Waals surface area contributed by atoms with Crippen molar-refractivity contribution in [1.82, 2.24) is 19.9 Å². The van der Waals surface area contributed by atoms with E-state index < -0.39 is 0 Å². The highest BCUT2D eigenvalue weighted by atomic mass is 35.5. The number of carbonyl (C=O) groups excluding carboxylic acids is 1. The molecule has 1 aliphatic rings. The Kier molecular flexibility index (Phi) is 7.17. The average molecular weight is 457 g/mol. The molecule has 4 rings (SSSR count). The lowest BCUT2D eigenvalue weighted by Crippen LogP contribution is -2.35. The van der Waals surface area contributed by atoms with E-state index in [0.717, 1.165) is 37.6 Å². The van der Waals surface area contributed by atoms with Crippen molar-refractivity contribution >= 4 is 17.5 Å². The van der Waals surface area contributed by atoms with Crippen molar-refractivity contribution in [2.75, 3.05) is 26.2 Å². The van der Waals surface area contributed by atoms with Crippen LogP contribution in [-0.4, -0.2) is 52.0 Å². The first-order valence-electron chi connectivity index (χ1n) is 10.8. The molecule has 1 amide bonds. The standard InChI is InChI=1S/C24H26ClFN4O2/c1-17-15-19(5-8-21(17)26)24-27-22(32-28-24)9-10-23(31)30-12-2-11-29(13-14-30)16-18-3-6-20(25)7-4-18/h3-8,15H,2,9-14,16H2,1H3. The van der Waals surface area contributed by atoms with Gasteiger partial charge >= 0.3 is 0 Å². The van der Waals surface area contributed by atoms with Gasteiger partial charge in [0.25, 0.3) is 0 Å². The summed E-state index contributed by atoms with van der Waals surface area (Å²) in [6.07, 6.45) is 1.65. The normalized spacial score (nSPS) is 15.0. The van der Waals surface area contributed by atoms with E-state index in [2.05, 4.69) is 15.0 Å². The zero-order valence-corrected chi connectivity index (χ0v) is 18.8. The molecule has 0 aliphatic carbocycles. The van der Waals surface area contributed by atoms with E-state index in [1.165, 1.54) is 11.6 Å². The van der Waals surface area contributed by atoms with Crippen LogP contribution in [0.3, 0.4) is 0 Å². The summed E-state index contributed by atoms with van der Waals surface area (Å²) in [5.41, 5.74) is 2.44. The Balaban J connectivity index is 1.27. The lowest BCUT2D eigenvalue weighted by molar-refractivity contribution is -0.131. The number of halogens is 2. The molecule has 1 fully saturated rings. The van der Waals surface area contributed by atoms with Crippen LogP contribution in [0.5, 0.6) is 0 Å². The maximum absolute atomic E-state index is 13.5. The van der Waals surface area contributed by atoms with Crippen LogP contribution < -0.4 is 0 Å². The summed E-state index contributed by atoms with van der Waals surface area (Å²) in [6, 6.07) is 12.6. The molecular formula is C24H26ClFN4O2. The van der Waals surface area contributed by atoms with E-state index in [-0.39, 0.29) is 11.7 Å². The Labute approximate surface area is 192 Å². The summed E-state index contributed by atoms with van der Waals surface area (Å²) in [5.74, 6) is 0.639. The van der Waals surface area contributed by atoms with Crippen molar-refractivity contribution in [3.8, 4) is 11.4 Å². The van der Waals surface area contributed by atoms with Gasteiger partial charge in [0.1, 0.15) is 5.82 Å². The number of aryl methyl sites for hydroxylation is 2. The fourth-order valence-electron chi connectivity index (χ4n) is 3.86. The SMILES string of the molecule is Cc1cc(-c2noc(CCC(=O)N3CCCN(Cc4ccc(Cl)cc4)CC3)n2)ccc1F. The topological polar surface area (TPSA) is 62.5 Å². The molecule has 8 heteroatoms. The predicted molar refractivity (Wildman–Crippen MR) is 121 cm³/mol. The summed E-state index contributed by atoms with van der Waals surface area (Å²) in [5, 5.41) is 4.71. The number of hydrogen-bond acceptors (Lipinski definition) is 5. The molecule has 0 spiro atoms. The Morgan fingerprint density at radius 1 is 1.12 bits per heavy atom. The lowest BCUT2D eigenvalue weighted by Gasteiger charge is -2.22. The minimum Gasteiger partial charge on any atom is -0.341 e. The van der Waals surface area contributed by atoms with Crippen molar-refractivity contribution < 1.29 is 13.7 Å². The molecule has 0 bridgehead atoms. The molecule has 2 aromatic carbocycles. The third-order valence-corrected chi connectivity index (χ3v) is 5.95. The number of benzene rings is 2. The fourth-order valence-corrected chi connectivity index (χ4v) is 3.98. The second-order valence-corrected chi connectivity index (χ2v) is 8.55. The van der Waals surface area contributed by atoms with E-state index in [0.29, 0.717) is 42.2 Å². The van der Waals surface area contributed by atoms with Gasteiger partial charge < -0.3 is 9.42 Å². The predicted octanol–water partition coefficient (Wildman–Crippen LogP) is 4.50. The summed E-state index contributed by atoms with van der Waals surface area (Å²) < 4.78 is 18.8. The minimum absolute atomic E-state index is 0.0933. The molecule has 0 saturated carbocycles. The van der Waals surface area contributed by atoms with Gasteiger partial charge in [0.05, 0.1) is 0 Å². The number of nitrogens with zero attached hydrogens (tertiary/aromatic N) is 4. The third-order valence-electron chi connectivity index (χ3n) is 5.70. The number of amides is 1. The molecule has 1 aliphatic heterocycles. The van der Waals surface area contributed by atoms with Gasteiger partial charge in [-0.1, -0.05) is 28.9 Å². The maximum Gasteiger partial charge on any atom is 0.227 e. The van der Waals surface area contributed by atoms with E-state index in [1.807, 2.05) is 29.2 Å². The Bertz CT molecular complexity index is 1070. The van der Waals surface area contributed by atoms with Crippen LogP contribution in [0.25, 0.3) is 11.4 Å². The first kappa shape index (κ1) is 22.4. The molecule has 0 atom stereocenters. The van der Waals surface area contributed by atoms with E-state index in [4.69, 9.17) is 16.1 Å². The average Bonchev–Trinajstić information content (AvgIpc) is 3.14. The molecule has 0 radical (unpaired) electrons. The summed E-state index contributed by atoms with van der Waals surface area (Å²) in [4.78, 5) is 21.4. The van der Waals surface area contributed by atoms with Crippen LogP contribution >= 0.6 is 11.6 Å². The molecule has 168 valence electrons. The second kappa shape index (κ2) is 10.2. The van der Waals surface area contributed by atoms with Crippen molar-refractivity contribution in [1.29, 1.82) is 0 Å². The molecule has 32 heavy (non-hydrogen) atoms. The largest absolute Gasteiger partial charge is 0.341 e. The van der Waals surface area contributed by atoms with Gasteiger partial charge in [-0.25, -0.2) is 4.39 Å². The highest BCUT2D eigenvalue weighted by Gasteiger charge is 2.20. The maximum atomic E-state index is 13.5. The number of rotatable bonds is 6. The van der Waals surface area contributed by atoms with Crippen LogP contribution in [-0.2, 0) is 17.8 Å². The van der Waals surface area contributed by atoms with E-state index in [1.54, 1.807) is 19.1 Å². The van der Waals surface area contributed by atoms with Crippen LogP contribution in [0.1, 0.15) is 29.9 Å². The van der Waals surface area contributed by atoms with Gasteiger partial charge in [0.2, 0.25) is 17.6 Å². The Hall–Kier alpha value is -2.77. The summed E-state index contributed by atoms with van der Waals surface area (Å²) in [6.45, 7) is 5.79. The Morgan fingerprint density at radius 3 is 2.72 bits per heavy atom. The van der Waals surface area contributed by atoms with Crippen molar-refractivity contribution in [3.05, 3.63) is 70.3 Å². The summed E-state index contributed by atoms with van der Waals surface area (Å²) in [7, 11) is 0. The number of aromatic nitrogens is 2. The van der Waals surface area contributed by atoms with Crippen molar-refractivity contribution in [2.45, 2.75) is 32.7 Å². The lowest BCUT2D eigenvalue weighted by atomic mass is 10.1. The number of hydrogen-bond donors (Lipinski definition) is 0. The van der Waals surface area contributed by atoms with Crippen molar-refractivity contribution in [2.24, 2.45) is 0 Å². The van der Waals surface area contributed by atoms with Crippen LogP contribution in [0.4, 0.5) is 4.39 Å². The highest BCUT2D eigenvalue weighted by molar-refractivity contribution is 6.30. The smallest absolute Gasteiger partial charge is 0.227 e. The quantitative estimate of drug-likeness (QED) is 0.546. The molecule has 6 nitrogen and oxygen atoms in total. The van der Waals surface area contributed by atoms with Gasteiger partial charge in [-0.15, -0.1) is 0 Å². The van der Waals surface area contributed by atoms with Gasteiger partial charge in [0, 0.05) is 56.2 Å². The van der Waals surface area contributed by atoms with Gasteiger partial charge in [0.15, 0.2) is 0 Å². The molecule has 2 heterocycles. The van der Waals surface area contributed by atoms with Gasteiger partial charge in [-0.3, -0.25) is 9.69 Å². The summed E-state index contributed by atoms with van der Waals surface area (Å²) >= 11 is 5.97. The van der Waals surface area contributed by atoms with Crippen LogP contribution in [0, 0.1) is 12.7 Å². The van der Waals surface area contributed by atoms with Gasteiger partial charge in [-0.2, -0.15) is 4.98 Å². The molecule has 1 aromatic heterocycles. The number of carbonyl (C=O) groups is 1. The van der Waals surface area contributed by atoms with E-state index in [9.17, 15) is 9.18 Å². The first-order valence-corrected chi connectivity index (χ1v) is 11.2. The zero-order chi connectivity index (χ0) is 22.5.